The second-order valence-corrected chi connectivity index (χ2v) is 4.27. The molecule has 1 aromatic heterocycles. The summed E-state index contributed by atoms with van der Waals surface area (Å²) in [6.45, 7) is 2.25. The van der Waals surface area contributed by atoms with Gasteiger partial charge in [0.05, 0.1) is 10.6 Å². The molecule has 18 heavy (non-hydrogen) atoms. The van der Waals surface area contributed by atoms with Crippen molar-refractivity contribution in [2.24, 2.45) is 0 Å². The van der Waals surface area contributed by atoms with Crippen molar-refractivity contribution in [3.63, 3.8) is 0 Å². The normalized spacial score (nSPS) is 10.5. The Morgan fingerprint density at radius 2 is 1.78 bits per heavy atom. The van der Waals surface area contributed by atoms with Gasteiger partial charge in [-0.25, -0.2) is 8.78 Å². The SMILES string of the molecule is CCCNC(=O)CSc1c(F)c(F)nc(F)c1F. The van der Waals surface area contributed by atoms with Crippen LogP contribution in [0.3, 0.4) is 0 Å². The molecule has 1 N–H and O–H groups in total. The zero-order chi connectivity index (χ0) is 13.7. The number of aromatic nitrogens is 1. The van der Waals surface area contributed by atoms with Crippen molar-refractivity contribution in [2.75, 3.05) is 12.3 Å². The number of nitrogens with one attached hydrogen (secondary N) is 1. The first-order chi connectivity index (χ1) is 8.47. The average Bonchev–Trinajstić information content (AvgIpc) is 2.34. The molecule has 0 spiro atoms. The number of carbonyl (C=O) groups excluding carboxylic acids is 1. The molecule has 0 aliphatic heterocycles. The highest BCUT2D eigenvalue weighted by Crippen LogP contribution is 2.27. The smallest absolute Gasteiger partial charge is 0.252 e. The molecule has 0 saturated heterocycles. The molecule has 1 aromatic rings. The lowest BCUT2D eigenvalue weighted by atomic mass is 10.4. The number of nitrogens with zero attached hydrogens (tertiary/aromatic N) is 1. The Morgan fingerprint density at radius 1 is 1.22 bits per heavy atom. The lowest BCUT2D eigenvalue weighted by Crippen LogP contribution is -2.25. The van der Waals surface area contributed by atoms with E-state index in [0.717, 1.165) is 0 Å². The van der Waals surface area contributed by atoms with Crippen LogP contribution in [0.1, 0.15) is 13.3 Å². The minimum atomic E-state index is -1.73. The first kappa shape index (κ1) is 14.7. The fraction of sp³-hybridized carbons (Fsp3) is 0.400. The van der Waals surface area contributed by atoms with Gasteiger partial charge in [-0.3, -0.25) is 4.79 Å². The molecular formula is C10H10F4N2OS. The number of hydrogen-bond donors (Lipinski definition) is 1. The average molecular weight is 282 g/mol. The molecule has 3 nitrogen and oxygen atoms in total. The van der Waals surface area contributed by atoms with Crippen molar-refractivity contribution >= 4 is 17.7 Å². The highest BCUT2D eigenvalue weighted by molar-refractivity contribution is 8.00. The van der Waals surface area contributed by atoms with Gasteiger partial charge in [0.2, 0.25) is 5.91 Å². The molecule has 0 atom stereocenters. The van der Waals surface area contributed by atoms with Gasteiger partial charge in [-0.1, -0.05) is 6.92 Å². The highest BCUT2D eigenvalue weighted by atomic mass is 32.2. The number of hydrogen-bond acceptors (Lipinski definition) is 3. The molecule has 0 unspecified atom stereocenters. The summed E-state index contributed by atoms with van der Waals surface area (Å²) in [5.74, 6) is -7.46. The van der Waals surface area contributed by atoms with Crippen LogP contribution in [0.2, 0.25) is 0 Å². The van der Waals surface area contributed by atoms with Crippen molar-refractivity contribution < 1.29 is 22.4 Å². The van der Waals surface area contributed by atoms with E-state index in [9.17, 15) is 22.4 Å². The molecule has 0 radical (unpaired) electrons. The van der Waals surface area contributed by atoms with Gasteiger partial charge >= 0.3 is 0 Å². The maximum atomic E-state index is 13.1. The second-order valence-electron chi connectivity index (χ2n) is 3.29. The molecule has 0 fully saturated rings. The molecular weight excluding hydrogens is 272 g/mol. The maximum Gasteiger partial charge on any atom is 0.252 e. The molecule has 0 aliphatic carbocycles. The molecule has 100 valence electrons. The standard InChI is InChI=1S/C10H10F4N2OS/c1-2-3-15-5(17)4-18-8-6(11)9(13)16-10(14)7(8)12/h2-4H2,1H3,(H,15,17). The lowest BCUT2D eigenvalue weighted by Gasteiger charge is -2.06. The van der Waals surface area contributed by atoms with E-state index >= 15 is 0 Å². The molecule has 1 amide bonds. The Morgan fingerprint density at radius 3 is 2.28 bits per heavy atom. The van der Waals surface area contributed by atoms with E-state index in [2.05, 4.69) is 10.3 Å². The molecule has 0 aromatic carbocycles. The number of halogens is 4. The fourth-order valence-electron chi connectivity index (χ4n) is 1.05. The monoisotopic (exact) mass is 282 g/mol. The minimum Gasteiger partial charge on any atom is -0.355 e. The summed E-state index contributed by atoms with van der Waals surface area (Å²) in [4.78, 5) is 12.7. The van der Waals surface area contributed by atoms with Gasteiger partial charge in [0, 0.05) is 6.54 Å². The number of carbonyl (C=O) groups is 1. The topological polar surface area (TPSA) is 42.0 Å². The number of rotatable bonds is 5. The first-order valence-electron chi connectivity index (χ1n) is 5.06. The van der Waals surface area contributed by atoms with Crippen LogP contribution in [0, 0.1) is 23.5 Å². The van der Waals surface area contributed by atoms with Crippen LogP contribution in [-0.2, 0) is 4.79 Å². The predicted octanol–water partition coefficient (Wildman–Crippen LogP) is 2.26. The van der Waals surface area contributed by atoms with Crippen LogP contribution in [0.4, 0.5) is 17.6 Å². The zero-order valence-electron chi connectivity index (χ0n) is 9.40. The van der Waals surface area contributed by atoms with Crippen LogP contribution in [0.25, 0.3) is 0 Å². The Bertz CT molecular complexity index is 430. The van der Waals surface area contributed by atoms with E-state index < -0.39 is 34.3 Å². The predicted molar refractivity (Wildman–Crippen MR) is 58.1 cm³/mol. The summed E-state index contributed by atoms with van der Waals surface area (Å²) in [5, 5.41) is 2.46. The van der Waals surface area contributed by atoms with Crippen molar-refractivity contribution in [2.45, 2.75) is 18.2 Å². The van der Waals surface area contributed by atoms with Crippen LogP contribution in [-0.4, -0.2) is 23.2 Å². The third kappa shape index (κ3) is 3.59. The van der Waals surface area contributed by atoms with Gasteiger partial charge in [-0.05, 0) is 6.42 Å². The summed E-state index contributed by atoms with van der Waals surface area (Å²) in [5.41, 5.74) is 0. The summed E-state index contributed by atoms with van der Waals surface area (Å²) < 4.78 is 51.8. The Balaban J connectivity index is 2.76. The van der Waals surface area contributed by atoms with Crippen LogP contribution in [0.15, 0.2) is 4.90 Å². The Hall–Kier alpha value is -1.31. The molecule has 0 saturated carbocycles. The third-order valence-corrected chi connectivity index (χ3v) is 2.93. The van der Waals surface area contributed by atoms with Crippen molar-refractivity contribution in [3.8, 4) is 0 Å². The molecule has 8 heteroatoms. The third-order valence-electron chi connectivity index (χ3n) is 1.88. The Labute approximate surface area is 105 Å². The lowest BCUT2D eigenvalue weighted by molar-refractivity contribution is -0.118. The van der Waals surface area contributed by atoms with E-state index in [-0.39, 0.29) is 5.75 Å². The van der Waals surface area contributed by atoms with Gasteiger partial charge in [0.25, 0.3) is 11.9 Å². The van der Waals surface area contributed by atoms with E-state index in [1.165, 1.54) is 0 Å². The van der Waals surface area contributed by atoms with Gasteiger partial charge in [-0.15, -0.1) is 11.8 Å². The quantitative estimate of drug-likeness (QED) is 0.512. The maximum absolute atomic E-state index is 13.1. The van der Waals surface area contributed by atoms with Crippen LogP contribution < -0.4 is 5.32 Å². The number of thioether (sulfide) groups is 1. The van der Waals surface area contributed by atoms with E-state index in [4.69, 9.17) is 0 Å². The van der Waals surface area contributed by atoms with Gasteiger partial charge in [0.15, 0.2) is 11.6 Å². The van der Waals surface area contributed by atoms with Crippen LogP contribution in [0.5, 0.6) is 0 Å². The molecule has 1 rings (SSSR count). The highest BCUT2D eigenvalue weighted by Gasteiger charge is 2.21. The number of pyridine rings is 1. The number of amides is 1. The van der Waals surface area contributed by atoms with Gasteiger partial charge in [-0.2, -0.15) is 13.8 Å². The summed E-state index contributed by atoms with van der Waals surface area (Å²) in [6, 6.07) is 0. The van der Waals surface area contributed by atoms with E-state index in [1.54, 1.807) is 0 Å². The van der Waals surface area contributed by atoms with Crippen molar-refractivity contribution in [3.05, 3.63) is 23.5 Å². The molecule has 0 bridgehead atoms. The summed E-state index contributed by atoms with van der Waals surface area (Å²) >= 11 is 0.378. The summed E-state index contributed by atoms with van der Waals surface area (Å²) in [7, 11) is 0. The van der Waals surface area contributed by atoms with Gasteiger partial charge < -0.3 is 5.32 Å². The fourth-order valence-corrected chi connectivity index (χ4v) is 1.85. The van der Waals surface area contributed by atoms with Crippen molar-refractivity contribution in [1.29, 1.82) is 0 Å². The van der Waals surface area contributed by atoms with Crippen molar-refractivity contribution in [1.82, 2.24) is 10.3 Å². The van der Waals surface area contributed by atoms with Gasteiger partial charge in [0.1, 0.15) is 0 Å². The first-order valence-corrected chi connectivity index (χ1v) is 6.05. The largest absolute Gasteiger partial charge is 0.355 e. The van der Waals surface area contributed by atoms with E-state index in [1.807, 2.05) is 6.92 Å². The Kier molecular flexibility index (Phi) is 5.39. The minimum absolute atomic E-state index is 0.337. The second kappa shape index (κ2) is 6.58. The molecule has 1 heterocycles. The zero-order valence-corrected chi connectivity index (χ0v) is 10.2. The summed E-state index contributed by atoms with van der Waals surface area (Å²) in [6.07, 6.45) is 0.706. The molecule has 0 aliphatic rings. The van der Waals surface area contributed by atoms with Crippen LogP contribution >= 0.6 is 11.8 Å². The van der Waals surface area contributed by atoms with E-state index in [0.29, 0.717) is 24.7 Å².